The lowest BCUT2D eigenvalue weighted by atomic mass is 9.88. The van der Waals surface area contributed by atoms with Crippen LogP contribution in [0.25, 0.3) is 0 Å². The predicted molar refractivity (Wildman–Crippen MR) is 76.8 cm³/mol. The fraction of sp³-hybridized carbons (Fsp3) is 0.714. The van der Waals surface area contributed by atoms with Crippen LogP contribution in [0.3, 0.4) is 0 Å². The molecule has 3 N–H and O–H groups in total. The van der Waals surface area contributed by atoms with E-state index in [1.165, 1.54) is 24.8 Å². The molecule has 1 heterocycles. The second-order valence-corrected chi connectivity index (χ2v) is 6.04. The Balaban J connectivity index is 2.13. The summed E-state index contributed by atoms with van der Waals surface area (Å²) in [6.07, 6.45) is 4.72. The molecule has 0 aromatic carbocycles. The van der Waals surface area contributed by atoms with Crippen LogP contribution in [0.15, 0.2) is 16.8 Å². The van der Waals surface area contributed by atoms with Gasteiger partial charge in [-0.1, -0.05) is 6.42 Å². The van der Waals surface area contributed by atoms with E-state index in [9.17, 15) is 0 Å². The summed E-state index contributed by atoms with van der Waals surface area (Å²) in [7, 11) is 0. The molecule has 2 rings (SSSR count). The molecule has 0 spiro atoms. The van der Waals surface area contributed by atoms with Gasteiger partial charge in [0.05, 0.1) is 6.04 Å². The Hall–Kier alpha value is -0.420. The molecule has 1 fully saturated rings. The molecule has 1 saturated carbocycles. The Bertz CT molecular complexity index is 336. The van der Waals surface area contributed by atoms with Gasteiger partial charge in [-0.05, 0) is 48.6 Å². The number of hydrogen-bond donors (Lipinski definition) is 2. The molecular weight excluding hydrogens is 244 g/mol. The third-order valence-electron chi connectivity index (χ3n) is 3.86. The lowest BCUT2D eigenvalue weighted by molar-refractivity contribution is 0.0615. The Labute approximate surface area is 114 Å². The molecule has 2 atom stereocenters. The maximum atomic E-state index is 9.08. The first kappa shape index (κ1) is 14.0. The quantitative estimate of drug-likeness (QED) is 0.798. The number of aliphatic hydroxyl groups is 1. The number of rotatable bonds is 7. The van der Waals surface area contributed by atoms with Crippen molar-refractivity contribution in [1.82, 2.24) is 4.90 Å². The summed E-state index contributed by atoms with van der Waals surface area (Å²) in [5.41, 5.74) is 7.55. The van der Waals surface area contributed by atoms with E-state index < -0.39 is 0 Å². The van der Waals surface area contributed by atoms with Crippen LogP contribution < -0.4 is 5.73 Å². The van der Waals surface area contributed by atoms with E-state index in [1.54, 1.807) is 11.3 Å². The van der Waals surface area contributed by atoms with Crippen molar-refractivity contribution in [3.05, 3.63) is 22.4 Å². The molecule has 18 heavy (non-hydrogen) atoms. The average molecular weight is 268 g/mol. The van der Waals surface area contributed by atoms with Crippen molar-refractivity contribution in [2.45, 2.75) is 50.7 Å². The van der Waals surface area contributed by atoms with Gasteiger partial charge in [0.25, 0.3) is 0 Å². The van der Waals surface area contributed by atoms with Crippen molar-refractivity contribution in [1.29, 1.82) is 0 Å². The van der Waals surface area contributed by atoms with Crippen LogP contribution >= 0.6 is 11.3 Å². The summed E-state index contributed by atoms with van der Waals surface area (Å²) in [5.74, 6) is 0. The van der Waals surface area contributed by atoms with Crippen molar-refractivity contribution in [3.63, 3.8) is 0 Å². The Morgan fingerprint density at radius 3 is 2.78 bits per heavy atom. The van der Waals surface area contributed by atoms with Crippen LogP contribution in [0.1, 0.15) is 44.2 Å². The van der Waals surface area contributed by atoms with Gasteiger partial charge in [-0.15, -0.1) is 0 Å². The number of nitrogens with two attached hydrogens (primary N) is 1. The summed E-state index contributed by atoms with van der Waals surface area (Å²) < 4.78 is 0. The molecule has 1 aliphatic carbocycles. The fourth-order valence-electron chi connectivity index (χ4n) is 2.76. The van der Waals surface area contributed by atoms with Crippen LogP contribution in [0, 0.1) is 0 Å². The number of aliphatic hydroxyl groups excluding tert-OH is 1. The summed E-state index contributed by atoms with van der Waals surface area (Å²) in [5, 5.41) is 13.4. The highest BCUT2D eigenvalue weighted by atomic mass is 32.1. The average Bonchev–Trinajstić information content (AvgIpc) is 2.76. The molecule has 0 bridgehead atoms. The first-order valence-electron chi connectivity index (χ1n) is 6.88. The topological polar surface area (TPSA) is 49.5 Å². The van der Waals surface area contributed by atoms with E-state index >= 15 is 0 Å². The van der Waals surface area contributed by atoms with Crippen molar-refractivity contribution in [3.8, 4) is 0 Å². The molecule has 102 valence electrons. The Morgan fingerprint density at radius 2 is 2.33 bits per heavy atom. The molecule has 0 aliphatic heterocycles. The molecule has 0 radical (unpaired) electrons. The second-order valence-electron chi connectivity index (χ2n) is 5.26. The standard InChI is InChI=1S/C14H24N2OS/c1-11(15)14(12-6-9-18-10-12)16(7-3-8-17)13-4-2-5-13/h6,9-11,13-14,17H,2-5,7-8,15H2,1H3. The number of thiophene rings is 1. The van der Waals surface area contributed by atoms with Crippen LogP contribution in [-0.2, 0) is 0 Å². The monoisotopic (exact) mass is 268 g/mol. The zero-order valence-electron chi connectivity index (χ0n) is 11.1. The van der Waals surface area contributed by atoms with Gasteiger partial charge in [-0.3, -0.25) is 4.90 Å². The molecule has 4 heteroatoms. The molecule has 2 unspecified atom stereocenters. The van der Waals surface area contributed by atoms with Gasteiger partial charge in [0.1, 0.15) is 0 Å². The lowest BCUT2D eigenvalue weighted by Gasteiger charge is -2.44. The van der Waals surface area contributed by atoms with Crippen LogP contribution in [0.5, 0.6) is 0 Å². The van der Waals surface area contributed by atoms with Gasteiger partial charge in [0.2, 0.25) is 0 Å². The van der Waals surface area contributed by atoms with E-state index in [4.69, 9.17) is 10.8 Å². The first-order chi connectivity index (χ1) is 8.74. The number of hydrogen-bond acceptors (Lipinski definition) is 4. The largest absolute Gasteiger partial charge is 0.396 e. The zero-order chi connectivity index (χ0) is 13.0. The highest BCUT2D eigenvalue weighted by molar-refractivity contribution is 7.07. The zero-order valence-corrected chi connectivity index (χ0v) is 11.9. The minimum Gasteiger partial charge on any atom is -0.396 e. The molecule has 3 nitrogen and oxygen atoms in total. The van der Waals surface area contributed by atoms with E-state index in [-0.39, 0.29) is 12.6 Å². The minimum atomic E-state index is 0.124. The van der Waals surface area contributed by atoms with Crippen molar-refractivity contribution in [2.75, 3.05) is 13.2 Å². The van der Waals surface area contributed by atoms with Crippen LogP contribution in [0.2, 0.25) is 0 Å². The second kappa shape index (κ2) is 6.66. The molecule has 0 amide bonds. The SMILES string of the molecule is CC(N)C(c1ccsc1)N(CCCO)C1CCC1. The first-order valence-corrected chi connectivity index (χ1v) is 7.82. The smallest absolute Gasteiger partial charge is 0.0507 e. The van der Waals surface area contributed by atoms with Gasteiger partial charge in [0, 0.05) is 25.2 Å². The summed E-state index contributed by atoms with van der Waals surface area (Å²) in [6, 6.07) is 3.27. The fourth-order valence-corrected chi connectivity index (χ4v) is 3.45. The summed E-state index contributed by atoms with van der Waals surface area (Å²) >= 11 is 1.73. The van der Waals surface area contributed by atoms with Crippen LogP contribution in [-0.4, -0.2) is 35.2 Å². The van der Waals surface area contributed by atoms with E-state index in [1.807, 2.05) is 0 Å². The normalized spacial score (nSPS) is 19.8. The summed E-state index contributed by atoms with van der Waals surface area (Å²) in [6.45, 7) is 3.30. The van der Waals surface area contributed by atoms with E-state index in [2.05, 4.69) is 28.7 Å². The van der Waals surface area contributed by atoms with Gasteiger partial charge >= 0.3 is 0 Å². The van der Waals surface area contributed by atoms with Gasteiger partial charge in [0.15, 0.2) is 0 Å². The third-order valence-corrected chi connectivity index (χ3v) is 4.56. The third kappa shape index (κ3) is 3.12. The van der Waals surface area contributed by atoms with Crippen LogP contribution in [0.4, 0.5) is 0 Å². The predicted octanol–water partition coefficient (Wildman–Crippen LogP) is 2.37. The van der Waals surface area contributed by atoms with Gasteiger partial charge < -0.3 is 10.8 Å². The molecule has 0 saturated heterocycles. The molecule has 1 aromatic heterocycles. The van der Waals surface area contributed by atoms with E-state index in [0.29, 0.717) is 12.1 Å². The Morgan fingerprint density at radius 1 is 1.56 bits per heavy atom. The Kier molecular flexibility index (Phi) is 5.18. The van der Waals surface area contributed by atoms with Gasteiger partial charge in [-0.2, -0.15) is 11.3 Å². The molecule has 1 aromatic rings. The maximum Gasteiger partial charge on any atom is 0.0507 e. The highest BCUT2D eigenvalue weighted by Crippen LogP contribution is 2.34. The van der Waals surface area contributed by atoms with Crippen molar-refractivity contribution in [2.24, 2.45) is 5.73 Å². The van der Waals surface area contributed by atoms with E-state index in [0.717, 1.165) is 13.0 Å². The maximum absolute atomic E-state index is 9.08. The van der Waals surface area contributed by atoms with Crippen molar-refractivity contribution < 1.29 is 5.11 Å². The van der Waals surface area contributed by atoms with Gasteiger partial charge in [-0.25, -0.2) is 0 Å². The molecule has 1 aliphatic rings. The highest BCUT2D eigenvalue weighted by Gasteiger charge is 2.32. The lowest BCUT2D eigenvalue weighted by Crippen LogP contribution is -2.48. The number of nitrogens with zero attached hydrogens (tertiary/aromatic N) is 1. The van der Waals surface area contributed by atoms with Crippen molar-refractivity contribution >= 4 is 11.3 Å². The summed E-state index contributed by atoms with van der Waals surface area (Å²) in [4.78, 5) is 2.52. The minimum absolute atomic E-state index is 0.124. The molecular formula is C14H24N2OS.